The topological polar surface area (TPSA) is 38.3 Å². The van der Waals surface area contributed by atoms with Crippen LogP contribution in [0.3, 0.4) is 0 Å². The van der Waals surface area contributed by atoms with Crippen molar-refractivity contribution < 1.29 is 9.53 Å². The zero-order chi connectivity index (χ0) is 7.56. The van der Waals surface area contributed by atoms with Gasteiger partial charge in [-0.1, -0.05) is 6.92 Å². The SMILES string of the molecule is CCOC(=O)C1NCC1C. The van der Waals surface area contributed by atoms with Crippen LogP contribution >= 0.6 is 0 Å². The first-order valence-electron chi connectivity index (χ1n) is 3.65. The van der Waals surface area contributed by atoms with Gasteiger partial charge in [0.2, 0.25) is 0 Å². The van der Waals surface area contributed by atoms with Crippen molar-refractivity contribution in [1.82, 2.24) is 5.32 Å². The second-order valence-corrected chi connectivity index (χ2v) is 2.62. The van der Waals surface area contributed by atoms with Gasteiger partial charge in [0.05, 0.1) is 6.61 Å². The molecule has 0 bridgehead atoms. The number of nitrogens with one attached hydrogen (secondary N) is 1. The van der Waals surface area contributed by atoms with Gasteiger partial charge in [-0.3, -0.25) is 4.79 Å². The van der Waals surface area contributed by atoms with E-state index >= 15 is 0 Å². The van der Waals surface area contributed by atoms with Crippen molar-refractivity contribution in [3.63, 3.8) is 0 Å². The fourth-order valence-electron chi connectivity index (χ4n) is 1.02. The summed E-state index contributed by atoms with van der Waals surface area (Å²) in [6.07, 6.45) is 0. The molecule has 1 N–H and O–H groups in total. The van der Waals surface area contributed by atoms with Crippen LogP contribution in [-0.4, -0.2) is 25.2 Å². The van der Waals surface area contributed by atoms with Crippen LogP contribution in [-0.2, 0) is 9.53 Å². The maximum absolute atomic E-state index is 11.0. The summed E-state index contributed by atoms with van der Waals surface area (Å²) in [6, 6.07) is -0.0417. The molecule has 0 aromatic rings. The Balaban J connectivity index is 2.27. The molecule has 58 valence electrons. The lowest BCUT2D eigenvalue weighted by molar-refractivity contribution is -0.149. The molecule has 0 spiro atoms. The van der Waals surface area contributed by atoms with Crippen LogP contribution in [0, 0.1) is 5.92 Å². The molecule has 1 aliphatic heterocycles. The molecule has 1 saturated heterocycles. The second kappa shape index (κ2) is 3.01. The van der Waals surface area contributed by atoms with E-state index in [2.05, 4.69) is 5.32 Å². The maximum Gasteiger partial charge on any atom is 0.323 e. The summed E-state index contributed by atoms with van der Waals surface area (Å²) >= 11 is 0. The van der Waals surface area contributed by atoms with Crippen LogP contribution in [0.2, 0.25) is 0 Å². The number of ether oxygens (including phenoxy) is 1. The zero-order valence-corrected chi connectivity index (χ0v) is 6.39. The lowest BCUT2D eigenvalue weighted by Gasteiger charge is -2.32. The first-order chi connectivity index (χ1) is 4.75. The third kappa shape index (κ3) is 1.29. The normalized spacial score (nSPS) is 31.0. The minimum absolute atomic E-state index is 0.0417. The van der Waals surface area contributed by atoms with Gasteiger partial charge in [0.25, 0.3) is 0 Å². The molecule has 0 aliphatic carbocycles. The van der Waals surface area contributed by atoms with Crippen molar-refractivity contribution in [2.45, 2.75) is 19.9 Å². The van der Waals surface area contributed by atoms with E-state index < -0.39 is 0 Å². The van der Waals surface area contributed by atoms with Crippen molar-refractivity contribution >= 4 is 5.97 Å². The molecule has 10 heavy (non-hydrogen) atoms. The van der Waals surface area contributed by atoms with E-state index in [1.54, 1.807) is 0 Å². The van der Waals surface area contributed by atoms with Crippen molar-refractivity contribution in [3.8, 4) is 0 Å². The molecule has 3 nitrogen and oxygen atoms in total. The molecular formula is C7H13NO2. The van der Waals surface area contributed by atoms with Crippen molar-refractivity contribution in [2.24, 2.45) is 5.92 Å². The smallest absolute Gasteiger partial charge is 0.323 e. The van der Waals surface area contributed by atoms with Gasteiger partial charge in [-0.15, -0.1) is 0 Å². The van der Waals surface area contributed by atoms with E-state index in [1.165, 1.54) is 0 Å². The van der Waals surface area contributed by atoms with Gasteiger partial charge < -0.3 is 10.1 Å². The monoisotopic (exact) mass is 143 g/mol. The molecule has 1 aliphatic rings. The zero-order valence-electron chi connectivity index (χ0n) is 6.39. The van der Waals surface area contributed by atoms with Crippen molar-refractivity contribution in [3.05, 3.63) is 0 Å². The third-order valence-corrected chi connectivity index (χ3v) is 1.77. The Morgan fingerprint density at radius 3 is 2.80 bits per heavy atom. The molecule has 3 heteroatoms. The fourth-order valence-corrected chi connectivity index (χ4v) is 1.02. The molecule has 0 radical (unpaired) electrons. The highest BCUT2D eigenvalue weighted by Gasteiger charge is 2.33. The van der Waals surface area contributed by atoms with Gasteiger partial charge in [0.1, 0.15) is 6.04 Å². The van der Waals surface area contributed by atoms with Crippen molar-refractivity contribution in [1.29, 1.82) is 0 Å². The maximum atomic E-state index is 11.0. The standard InChI is InChI=1S/C7H13NO2/c1-3-10-7(9)6-5(2)4-8-6/h5-6,8H,3-4H2,1-2H3. The van der Waals surface area contributed by atoms with Gasteiger partial charge >= 0.3 is 5.97 Å². The van der Waals surface area contributed by atoms with Gasteiger partial charge in [0, 0.05) is 6.54 Å². The van der Waals surface area contributed by atoms with Crippen LogP contribution in [0.4, 0.5) is 0 Å². The van der Waals surface area contributed by atoms with E-state index in [-0.39, 0.29) is 12.0 Å². The summed E-state index contributed by atoms with van der Waals surface area (Å²) < 4.78 is 4.81. The largest absolute Gasteiger partial charge is 0.465 e. The van der Waals surface area contributed by atoms with Crippen LogP contribution in [0.5, 0.6) is 0 Å². The summed E-state index contributed by atoms with van der Waals surface area (Å²) in [6.45, 7) is 5.27. The number of hydrogen-bond donors (Lipinski definition) is 1. The Morgan fingerprint density at radius 2 is 2.50 bits per heavy atom. The second-order valence-electron chi connectivity index (χ2n) is 2.62. The lowest BCUT2D eigenvalue weighted by Crippen LogP contribution is -2.56. The predicted octanol–water partition coefficient (Wildman–Crippen LogP) is 0.157. The molecule has 2 atom stereocenters. The molecule has 1 fully saturated rings. The minimum atomic E-state index is -0.110. The summed E-state index contributed by atoms with van der Waals surface area (Å²) in [5.41, 5.74) is 0. The summed E-state index contributed by atoms with van der Waals surface area (Å²) in [7, 11) is 0. The summed E-state index contributed by atoms with van der Waals surface area (Å²) in [4.78, 5) is 11.0. The van der Waals surface area contributed by atoms with E-state index in [0.29, 0.717) is 12.5 Å². The average molecular weight is 143 g/mol. The quantitative estimate of drug-likeness (QED) is 0.559. The third-order valence-electron chi connectivity index (χ3n) is 1.77. The minimum Gasteiger partial charge on any atom is -0.465 e. The number of hydrogen-bond acceptors (Lipinski definition) is 3. The van der Waals surface area contributed by atoms with Gasteiger partial charge in [-0.25, -0.2) is 0 Å². The van der Waals surface area contributed by atoms with Crippen LogP contribution in [0.1, 0.15) is 13.8 Å². The Morgan fingerprint density at radius 1 is 1.80 bits per heavy atom. The van der Waals surface area contributed by atoms with E-state index in [0.717, 1.165) is 6.54 Å². The lowest BCUT2D eigenvalue weighted by atomic mass is 9.94. The van der Waals surface area contributed by atoms with Gasteiger partial charge in [-0.05, 0) is 12.8 Å². The first kappa shape index (κ1) is 7.54. The predicted molar refractivity (Wildman–Crippen MR) is 37.6 cm³/mol. The highest BCUT2D eigenvalue weighted by atomic mass is 16.5. The van der Waals surface area contributed by atoms with Gasteiger partial charge in [0.15, 0.2) is 0 Å². The molecule has 0 aromatic heterocycles. The molecule has 0 aromatic carbocycles. The van der Waals surface area contributed by atoms with Crippen LogP contribution in [0.15, 0.2) is 0 Å². The van der Waals surface area contributed by atoms with Crippen LogP contribution < -0.4 is 5.32 Å². The number of esters is 1. The number of carbonyl (C=O) groups is 1. The Kier molecular flexibility index (Phi) is 2.27. The summed E-state index contributed by atoms with van der Waals surface area (Å²) in [5, 5.41) is 3.01. The fraction of sp³-hybridized carbons (Fsp3) is 0.857. The Hall–Kier alpha value is -0.570. The Labute approximate surface area is 60.7 Å². The first-order valence-corrected chi connectivity index (χ1v) is 3.65. The van der Waals surface area contributed by atoms with Crippen LogP contribution in [0.25, 0.3) is 0 Å². The highest BCUT2D eigenvalue weighted by Crippen LogP contribution is 2.12. The molecule has 0 saturated carbocycles. The number of rotatable bonds is 2. The molecule has 2 unspecified atom stereocenters. The van der Waals surface area contributed by atoms with Gasteiger partial charge in [-0.2, -0.15) is 0 Å². The van der Waals surface area contributed by atoms with Crippen molar-refractivity contribution in [2.75, 3.05) is 13.2 Å². The Bertz CT molecular complexity index is 136. The molecule has 1 heterocycles. The molecule has 0 amide bonds. The highest BCUT2D eigenvalue weighted by molar-refractivity contribution is 5.77. The number of carbonyl (C=O) groups excluding carboxylic acids is 1. The van der Waals surface area contributed by atoms with E-state index in [4.69, 9.17) is 4.74 Å². The molecule has 1 rings (SSSR count). The summed E-state index contributed by atoms with van der Waals surface area (Å²) in [5.74, 6) is 0.334. The molecular weight excluding hydrogens is 130 g/mol. The van der Waals surface area contributed by atoms with E-state index in [1.807, 2.05) is 13.8 Å². The van der Waals surface area contributed by atoms with E-state index in [9.17, 15) is 4.79 Å². The average Bonchev–Trinajstić information content (AvgIpc) is 1.85.